The average Bonchev–Trinajstić information content (AvgIpc) is 3.27. The molecular weight excluding hydrogens is 414 g/mol. The zero-order valence-electron chi connectivity index (χ0n) is 16.1. The number of fused-ring (bicyclic) bond motifs is 1. The molecule has 1 amide bonds. The molecule has 0 N–H and O–H groups in total. The molecule has 0 aliphatic heterocycles. The number of rotatable bonds is 6. The average molecular weight is 434 g/mol. The van der Waals surface area contributed by atoms with E-state index in [1.54, 1.807) is 11.5 Å². The highest BCUT2D eigenvalue weighted by Gasteiger charge is 2.17. The van der Waals surface area contributed by atoms with Gasteiger partial charge in [0, 0.05) is 6.07 Å². The van der Waals surface area contributed by atoms with Crippen LogP contribution >= 0.6 is 22.7 Å². The first-order valence-electron chi connectivity index (χ1n) is 8.92. The molecule has 2 aromatic heterocycles. The Kier molecular flexibility index (Phi) is 6.23. The summed E-state index contributed by atoms with van der Waals surface area (Å²) in [4.78, 5) is 39.6. The summed E-state index contributed by atoms with van der Waals surface area (Å²) in [5.74, 6) is -0.689. The standard InChI is InChI=1S/C19H19N3O5S2/c1-4-27-17(23)10-21-13-6-5-12(11(2)3)9-15(13)29-19(21)20-18(24)14-7-8-16(28-14)22(25)26/h5-9,11H,4,10H2,1-3H3. The van der Waals surface area contributed by atoms with Crippen LogP contribution in [-0.4, -0.2) is 28.0 Å². The van der Waals surface area contributed by atoms with Crippen molar-refractivity contribution in [2.75, 3.05) is 6.61 Å². The first-order valence-corrected chi connectivity index (χ1v) is 10.6. The Hall–Kier alpha value is -2.85. The van der Waals surface area contributed by atoms with Crippen LogP contribution in [0.15, 0.2) is 35.3 Å². The number of esters is 1. The van der Waals surface area contributed by atoms with Gasteiger partial charge in [0.1, 0.15) is 11.4 Å². The Balaban J connectivity index is 2.10. The second-order valence-corrected chi connectivity index (χ2v) is 8.54. The van der Waals surface area contributed by atoms with Gasteiger partial charge in [-0.15, -0.1) is 0 Å². The molecule has 2 heterocycles. The molecule has 10 heteroatoms. The van der Waals surface area contributed by atoms with Gasteiger partial charge in [-0.3, -0.25) is 19.7 Å². The van der Waals surface area contributed by atoms with Crippen molar-refractivity contribution < 1.29 is 19.2 Å². The van der Waals surface area contributed by atoms with Crippen molar-refractivity contribution in [2.24, 2.45) is 4.99 Å². The van der Waals surface area contributed by atoms with Gasteiger partial charge < -0.3 is 9.30 Å². The van der Waals surface area contributed by atoms with Gasteiger partial charge >= 0.3 is 11.0 Å². The Morgan fingerprint density at radius 3 is 2.62 bits per heavy atom. The van der Waals surface area contributed by atoms with E-state index in [1.165, 1.54) is 23.5 Å². The summed E-state index contributed by atoms with van der Waals surface area (Å²) in [6.45, 7) is 6.07. The van der Waals surface area contributed by atoms with Gasteiger partial charge in [0.15, 0.2) is 4.80 Å². The molecule has 0 radical (unpaired) electrons. The fourth-order valence-corrected chi connectivity index (χ4v) is 4.49. The van der Waals surface area contributed by atoms with E-state index >= 15 is 0 Å². The van der Waals surface area contributed by atoms with Crippen molar-refractivity contribution in [3.05, 3.63) is 55.7 Å². The highest BCUT2D eigenvalue weighted by Crippen LogP contribution is 2.26. The van der Waals surface area contributed by atoms with Crippen molar-refractivity contribution in [3.63, 3.8) is 0 Å². The summed E-state index contributed by atoms with van der Waals surface area (Å²) >= 11 is 2.06. The second kappa shape index (κ2) is 8.66. The number of carbonyl (C=O) groups excluding carboxylic acids is 2. The second-order valence-electron chi connectivity index (χ2n) is 6.47. The number of thiazole rings is 1. The van der Waals surface area contributed by atoms with E-state index in [0.717, 1.165) is 27.1 Å². The van der Waals surface area contributed by atoms with Gasteiger partial charge in [0.25, 0.3) is 5.91 Å². The molecule has 0 saturated carbocycles. The number of hydrogen-bond acceptors (Lipinski definition) is 7. The van der Waals surface area contributed by atoms with Gasteiger partial charge in [-0.25, -0.2) is 0 Å². The van der Waals surface area contributed by atoms with Crippen molar-refractivity contribution >= 4 is 49.8 Å². The lowest BCUT2D eigenvalue weighted by Crippen LogP contribution is -2.23. The van der Waals surface area contributed by atoms with Crippen LogP contribution in [0.25, 0.3) is 10.2 Å². The molecule has 29 heavy (non-hydrogen) atoms. The van der Waals surface area contributed by atoms with E-state index in [0.29, 0.717) is 10.7 Å². The molecule has 0 atom stereocenters. The molecule has 0 fully saturated rings. The SMILES string of the molecule is CCOC(=O)Cn1c(=NC(=O)c2ccc([N+](=O)[O-])s2)sc2cc(C(C)C)ccc21. The van der Waals surface area contributed by atoms with Crippen LogP contribution < -0.4 is 4.80 Å². The number of thiophene rings is 1. The summed E-state index contributed by atoms with van der Waals surface area (Å²) in [5, 5.41) is 10.7. The Bertz CT molecular complexity index is 1160. The number of nitro groups is 1. The minimum absolute atomic E-state index is 0.0778. The summed E-state index contributed by atoms with van der Waals surface area (Å²) in [6.07, 6.45) is 0. The lowest BCUT2D eigenvalue weighted by molar-refractivity contribution is -0.380. The van der Waals surface area contributed by atoms with Gasteiger partial charge in [0.05, 0.1) is 21.7 Å². The van der Waals surface area contributed by atoms with E-state index in [-0.39, 0.29) is 23.0 Å². The van der Waals surface area contributed by atoms with Crippen LogP contribution in [0.5, 0.6) is 0 Å². The quantitative estimate of drug-likeness (QED) is 0.331. The van der Waals surface area contributed by atoms with Gasteiger partial charge in [-0.2, -0.15) is 4.99 Å². The smallest absolute Gasteiger partial charge is 0.326 e. The van der Waals surface area contributed by atoms with E-state index in [1.807, 2.05) is 18.2 Å². The molecule has 0 unspecified atom stereocenters. The van der Waals surface area contributed by atoms with Crippen LogP contribution in [0.2, 0.25) is 0 Å². The van der Waals surface area contributed by atoms with Gasteiger partial charge in [0.2, 0.25) is 0 Å². The highest BCUT2D eigenvalue weighted by atomic mass is 32.1. The van der Waals surface area contributed by atoms with E-state index in [2.05, 4.69) is 18.8 Å². The first-order chi connectivity index (χ1) is 13.8. The molecule has 0 aliphatic carbocycles. The van der Waals surface area contributed by atoms with Crippen LogP contribution in [-0.2, 0) is 16.1 Å². The summed E-state index contributed by atoms with van der Waals surface area (Å²) in [7, 11) is 0. The third-order valence-electron chi connectivity index (χ3n) is 4.15. The number of amides is 1. The van der Waals surface area contributed by atoms with Crippen molar-refractivity contribution in [1.29, 1.82) is 0 Å². The Morgan fingerprint density at radius 2 is 2.00 bits per heavy atom. The van der Waals surface area contributed by atoms with E-state index in [9.17, 15) is 19.7 Å². The summed E-state index contributed by atoms with van der Waals surface area (Å²) < 4.78 is 7.58. The fourth-order valence-electron chi connectivity index (χ4n) is 2.71. The predicted octanol–water partition coefficient (Wildman–Crippen LogP) is 4.10. The number of ether oxygens (including phenoxy) is 1. The molecule has 3 rings (SSSR count). The number of hydrogen-bond donors (Lipinski definition) is 0. The Labute approximate surface area is 174 Å². The first kappa shape index (κ1) is 20.9. The van der Waals surface area contributed by atoms with Crippen LogP contribution in [0.1, 0.15) is 41.9 Å². The maximum atomic E-state index is 12.6. The number of aromatic nitrogens is 1. The van der Waals surface area contributed by atoms with Crippen molar-refractivity contribution in [3.8, 4) is 0 Å². The highest BCUT2D eigenvalue weighted by molar-refractivity contribution is 7.17. The van der Waals surface area contributed by atoms with Crippen molar-refractivity contribution in [1.82, 2.24) is 4.57 Å². The largest absolute Gasteiger partial charge is 0.465 e. The van der Waals surface area contributed by atoms with Gasteiger partial charge in [-0.05, 0) is 36.6 Å². The molecule has 0 spiro atoms. The maximum Gasteiger partial charge on any atom is 0.326 e. The molecule has 3 aromatic rings. The normalized spacial score (nSPS) is 11.9. The minimum Gasteiger partial charge on any atom is -0.465 e. The third-order valence-corrected chi connectivity index (χ3v) is 6.21. The Morgan fingerprint density at radius 1 is 1.24 bits per heavy atom. The van der Waals surface area contributed by atoms with Crippen LogP contribution in [0.4, 0.5) is 5.00 Å². The molecule has 152 valence electrons. The number of benzene rings is 1. The minimum atomic E-state index is -0.587. The van der Waals surface area contributed by atoms with Crippen LogP contribution in [0, 0.1) is 10.1 Å². The monoisotopic (exact) mass is 433 g/mol. The molecule has 1 aromatic carbocycles. The molecule has 8 nitrogen and oxygen atoms in total. The van der Waals surface area contributed by atoms with E-state index in [4.69, 9.17) is 4.74 Å². The molecular formula is C19H19N3O5S2. The summed E-state index contributed by atoms with van der Waals surface area (Å²) in [5.41, 5.74) is 1.91. The zero-order valence-corrected chi connectivity index (χ0v) is 17.7. The zero-order chi connectivity index (χ0) is 21.1. The molecule has 0 saturated heterocycles. The molecule has 0 bridgehead atoms. The topological polar surface area (TPSA) is 104 Å². The number of nitrogens with zero attached hydrogens (tertiary/aromatic N) is 3. The lowest BCUT2D eigenvalue weighted by Gasteiger charge is -2.07. The fraction of sp³-hybridized carbons (Fsp3) is 0.316. The molecule has 0 aliphatic rings. The van der Waals surface area contributed by atoms with Crippen LogP contribution in [0.3, 0.4) is 0 Å². The summed E-state index contributed by atoms with van der Waals surface area (Å²) in [6, 6.07) is 8.57. The maximum absolute atomic E-state index is 12.6. The van der Waals surface area contributed by atoms with Crippen molar-refractivity contribution in [2.45, 2.75) is 33.2 Å². The lowest BCUT2D eigenvalue weighted by atomic mass is 10.0. The van der Waals surface area contributed by atoms with Gasteiger partial charge in [-0.1, -0.05) is 42.6 Å². The van der Waals surface area contributed by atoms with E-state index < -0.39 is 16.8 Å². The third kappa shape index (κ3) is 4.60. The predicted molar refractivity (Wildman–Crippen MR) is 111 cm³/mol. The number of carbonyl (C=O) groups is 2.